The zero-order valence-electron chi connectivity index (χ0n) is 10.6. The molecule has 0 aromatic heterocycles. The number of hydrogen-bond acceptors (Lipinski definition) is 4. The Morgan fingerprint density at radius 2 is 2.17 bits per heavy atom. The Bertz CT molecular complexity index is 427. The molecule has 1 aromatic rings. The molecule has 18 heavy (non-hydrogen) atoms. The van der Waals surface area contributed by atoms with Crippen LogP contribution in [0.5, 0.6) is 11.5 Å². The van der Waals surface area contributed by atoms with Crippen LogP contribution >= 0.6 is 0 Å². The maximum absolute atomic E-state index is 11.6. The fraction of sp³-hybridized carbons (Fsp3) is 0.500. The first kappa shape index (κ1) is 12.9. The molecule has 2 N–H and O–H groups in total. The van der Waals surface area contributed by atoms with Gasteiger partial charge >= 0.3 is 5.97 Å². The lowest BCUT2D eigenvalue weighted by Crippen LogP contribution is -2.11. The fourth-order valence-corrected chi connectivity index (χ4v) is 1.74. The Balaban J connectivity index is 2.13. The minimum Gasteiger partial charge on any atom is -0.490 e. The van der Waals surface area contributed by atoms with Gasteiger partial charge in [-0.05, 0) is 50.4 Å². The molecule has 1 aliphatic rings. The van der Waals surface area contributed by atoms with Crippen molar-refractivity contribution in [3.63, 3.8) is 0 Å². The third kappa shape index (κ3) is 3.23. The molecule has 1 aliphatic carbocycles. The molecule has 0 aliphatic heterocycles. The first-order valence-electron chi connectivity index (χ1n) is 6.42. The number of benzene rings is 1. The van der Waals surface area contributed by atoms with Crippen molar-refractivity contribution in [2.45, 2.75) is 26.2 Å². The van der Waals surface area contributed by atoms with Gasteiger partial charge in [0.25, 0.3) is 0 Å². The Morgan fingerprint density at radius 3 is 2.78 bits per heavy atom. The van der Waals surface area contributed by atoms with Gasteiger partial charge in [-0.25, -0.2) is 0 Å². The van der Waals surface area contributed by atoms with E-state index in [-0.39, 0.29) is 11.9 Å². The summed E-state index contributed by atoms with van der Waals surface area (Å²) in [5.74, 6) is 1.07. The highest BCUT2D eigenvalue weighted by Gasteiger charge is 2.32. The van der Waals surface area contributed by atoms with Gasteiger partial charge in [-0.3, -0.25) is 4.79 Å². The lowest BCUT2D eigenvalue weighted by atomic mass is 10.1. The number of esters is 1. The van der Waals surface area contributed by atoms with Crippen molar-refractivity contribution in [3.8, 4) is 11.5 Å². The lowest BCUT2D eigenvalue weighted by Gasteiger charge is -2.12. The molecule has 1 aromatic carbocycles. The van der Waals surface area contributed by atoms with Crippen LogP contribution in [0.25, 0.3) is 0 Å². The summed E-state index contributed by atoms with van der Waals surface area (Å²) in [6.45, 7) is 3.04. The molecule has 0 heterocycles. The molecule has 98 valence electrons. The second kappa shape index (κ2) is 5.87. The molecular weight excluding hydrogens is 230 g/mol. The van der Waals surface area contributed by atoms with Crippen LogP contribution in [-0.2, 0) is 11.2 Å². The van der Waals surface area contributed by atoms with Crippen LogP contribution in [0.4, 0.5) is 0 Å². The van der Waals surface area contributed by atoms with E-state index in [1.54, 1.807) is 6.07 Å². The number of rotatable bonds is 6. The number of carbonyl (C=O) groups excluding carboxylic acids is 1. The highest BCUT2D eigenvalue weighted by atomic mass is 16.6. The summed E-state index contributed by atoms with van der Waals surface area (Å²) < 4.78 is 10.9. The van der Waals surface area contributed by atoms with E-state index >= 15 is 0 Å². The van der Waals surface area contributed by atoms with Crippen LogP contribution in [0.2, 0.25) is 0 Å². The average Bonchev–Trinajstić information content (AvgIpc) is 3.17. The van der Waals surface area contributed by atoms with Crippen molar-refractivity contribution in [2.24, 2.45) is 11.7 Å². The summed E-state index contributed by atoms with van der Waals surface area (Å²) in [7, 11) is 0. The summed E-state index contributed by atoms with van der Waals surface area (Å²) >= 11 is 0. The van der Waals surface area contributed by atoms with E-state index in [0.717, 1.165) is 24.8 Å². The lowest BCUT2D eigenvalue weighted by molar-refractivity contribution is -0.135. The molecule has 0 radical (unpaired) electrons. The Kier molecular flexibility index (Phi) is 4.20. The van der Waals surface area contributed by atoms with Gasteiger partial charge in [0.05, 0.1) is 12.5 Å². The van der Waals surface area contributed by atoms with Crippen molar-refractivity contribution in [3.05, 3.63) is 23.8 Å². The van der Waals surface area contributed by atoms with Gasteiger partial charge in [-0.2, -0.15) is 0 Å². The summed E-state index contributed by atoms with van der Waals surface area (Å²) in [6.07, 6.45) is 2.67. The van der Waals surface area contributed by atoms with Gasteiger partial charge in [0.1, 0.15) is 0 Å². The number of hydrogen-bond donors (Lipinski definition) is 1. The van der Waals surface area contributed by atoms with Crippen LogP contribution in [0.3, 0.4) is 0 Å². The standard InChI is InChI=1S/C14H19NO3/c1-2-17-13-9-10(7-8-15)3-6-12(13)18-14(16)11-4-5-11/h3,6,9,11H,2,4-5,7-8,15H2,1H3. The predicted molar refractivity (Wildman–Crippen MR) is 68.7 cm³/mol. The van der Waals surface area contributed by atoms with Crippen LogP contribution < -0.4 is 15.2 Å². The number of carbonyl (C=O) groups is 1. The van der Waals surface area contributed by atoms with Gasteiger partial charge in [-0.1, -0.05) is 6.07 Å². The minimum atomic E-state index is -0.150. The third-order valence-corrected chi connectivity index (χ3v) is 2.86. The molecule has 0 bridgehead atoms. The van der Waals surface area contributed by atoms with E-state index in [9.17, 15) is 4.79 Å². The Hall–Kier alpha value is -1.55. The van der Waals surface area contributed by atoms with E-state index in [4.69, 9.17) is 15.2 Å². The molecule has 1 saturated carbocycles. The Labute approximate surface area is 107 Å². The summed E-state index contributed by atoms with van der Waals surface area (Å²) in [5.41, 5.74) is 6.62. The van der Waals surface area contributed by atoms with Gasteiger partial charge in [-0.15, -0.1) is 0 Å². The van der Waals surface area contributed by atoms with Crippen molar-refractivity contribution in [2.75, 3.05) is 13.2 Å². The van der Waals surface area contributed by atoms with Gasteiger partial charge < -0.3 is 15.2 Å². The molecule has 1 fully saturated rings. The van der Waals surface area contributed by atoms with Crippen LogP contribution in [0.1, 0.15) is 25.3 Å². The SMILES string of the molecule is CCOc1cc(CCN)ccc1OC(=O)C1CC1. The van der Waals surface area contributed by atoms with Crippen LogP contribution in [-0.4, -0.2) is 19.1 Å². The summed E-state index contributed by atoms with van der Waals surface area (Å²) in [5, 5.41) is 0. The molecule has 0 unspecified atom stereocenters. The molecule has 0 spiro atoms. The first-order valence-corrected chi connectivity index (χ1v) is 6.42. The molecular formula is C14H19NO3. The van der Waals surface area contributed by atoms with E-state index < -0.39 is 0 Å². The molecule has 2 rings (SSSR count). The zero-order chi connectivity index (χ0) is 13.0. The van der Waals surface area contributed by atoms with Gasteiger partial charge in [0, 0.05) is 0 Å². The average molecular weight is 249 g/mol. The van der Waals surface area contributed by atoms with Gasteiger partial charge in [0.2, 0.25) is 0 Å². The second-order valence-electron chi connectivity index (χ2n) is 4.45. The number of ether oxygens (including phenoxy) is 2. The second-order valence-corrected chi connectivity index (χ2v) is 4.45. The molecule has 4 heteroatoms. The summed E-state index contributed by atoms with van der Waals surface area (Å²) in [4.78, 5) is 11.6. The maximum atomic E-state index is 11.6. The van der Waals surface area contributed by atoms with E-state index in [1.165, 1.54) is 0 Å². The topological polar surface area (TPSA) is 61.6 Å². The predicted octanol–water partition coefficient (Wildman–Crippen LogP) is 1.90. The highest BCUT2D eigenvalue weighted by Crippen LogP contribution is 2.34. The fourth-order valence-electron chi connectivity index (χ4n) is 1.74. The van der Waals surface area contributed by atoms with Crippen LogP contribution in [0.15, 0.2) is 18.2 Å². The van der Waals surface area contributed by atoms with E-state index in [2.05, 4.69) is 0 Å². The normalized spacial score (nSPS) is 14.3. The highest BCUT2D eigenvalue weighted by molar-refractivity contribution is 5.78. The summed E-state index contributed by atoms with van der Waals surface area (Å²) in [6, 6.07) is 5.60. The van der Waals surface area contributed by atoms with Crippen molar-refractivity contribution in [1.29, 1.82) is 0 Å². The van der Waals surface area contributed by atoms with Crippen molar-refractivity contribution >= 4 is 5.97 Å². The quantitative estimate of drug-likeness (QED) is 0.618. The smallest absolute Gasteiger partial charge is 0.314 e. The monoisotopic (exact) mass is 249 g/mol. The third-order valence-electron chi connectivity index (χ3n) is 2.86. The van der Waals surface area contributed by atoms with Crippen molar-refractivity contribution in [1.82, 2.24) is 0 Å². The minimum absolute atomic E-state index is 0.0863. The number of nitrogens with two attached hydrogens (primary N) is 1. The Morgan fingerprint density at radius 1 is 1.39 bits per heavy atom. The largest absolute Gasteiger partial charge is 0.490 e. The first-order chi connectivity index (χ1) is 8.74. The zero-order valence-corrected chi connectivity index (χ0v) is 10.6. The van der Waals surface area contributed by atoms with E-state index in [1.807, 2.05) is 19.1 Å². The molecule has 4 nitrogen and oxygen atoms in total. The molecule has 0 atom stereocenters. The molecule has 0 amide bonds. The van der Waals surface area contributed by atoms with E-state index in [0.29, 0.717) is 24.7 Å². The molecule has 0 saturated heterocycles. The van der Waals surface area contributed by atoms with Gasteiger partial charge in [0.15, 0.2) is 11.5 Å². The maximum Gasteiger partial charge on any atom is 0.314 e. The van der Waals surface area contributed by atoms with Crippen LogP contribution in [0, 0.1) is 5.92 Å². The van der Waals surface area contributed by atoms with Crippen molar-refractivity contribution < 1.29 is 14.3 Å².